The number of rotatable bonds is 9. The Kier molecular flexibility index (Phi) is 9.41. The predicted octanol–water partition coefficient (Wildman–Crippen LogP) is 6.30. The van der Waals surface area contributed by atoms with Crippen LogP contribution in [0.2, 0.25) is 5.02 Å². The number of halogens is 1. The van der Waals surface area contributed by atoms with Gasteiger partial charge >= 0.3 is 0 Å². The molecule has 0 unspecified atom stereocenters. The maximum atomic E-state index is 13.7. The zero-order valence-electron chi connectivity index (χ0n) is 20.8. The number of hydrogen-bond acceptors (Lipinski definition) is 3. The molecule has 3 rings (SSSR count). The van der Waals surface area contributed by atoms with Crippen molar-refractivity contribution in [2.75, 3.05) is 5.75 Å². The SMILES string of the molecule is Cc1ccc(CN(C(=O)CSc2ccc(Cl)cc2)[C@H](Cc2ccccc2)C(=O)NC(C)(C)C)cc1. The molecule has 0 aliphatic heterocycles. The third-order valence-electron chi connectivity index (χ3n) is 5.42. The highest BCUT2D eigenvalue weighted by atomic mass is 35.5. The van der Waals surface area contributed by atoms with Crippen molar-refractivity contribution in [1.82, 2.24) is 10.2 Å². The van der Waals surface area contributed by atoms with E-state index in [9.17, 15) is 9.59 Å². The molecule has 3 aromatic rings. The smallest absolute Gasteiger partial charge is 0.243 e. The molecule has 1 N–H and O–H groups in total. The highest BCUT2D eigenvalue weighted by Gasteiger charge is 2.32. The van der Waals surface area contributed by atoms with E-state index in [1.807, 2.05) is 107 Å². The van der Waals surface area contributed by atoms with Crippen LogP contribution in [0.3, 0.4) is 0 Å². The summed E-state index contributed by atoms with van der Waals surface area (Å²) in [6.07, 6.45) is 0.436. The lowest BCUT2D eigenvalue weighted by atomic mass is 10.0. The van der Waals surface area contributed by atoms with E-state index in [2.05, 4.69) is 5.32 Å². The summed E-state index contributed by atoms with van der Waals surface area (Å²) in [6.45, 7) is 8.24. The molecular weight excluding hydrogens is 476 g/mol. The van der Waals surface area contributed by atoms with Crippen molar-refractivity contribution in [2.45, 2.75) is 57.1 Å². The number of carbonyl (C=O) groups excluding carboxylic acids is 2. The summed E-state index contributed by atoms with van der Waals surface area (Å²) in [4.78, 5) is 29.9. The third kappa shape index (κ3) is 8.75. The minimum atomic E-state index is -0.642. The molecule has 0 spiro atoms. The van der Waals surface area contributed by atoms with Gasteiger partial charge in [0.2, 0.25) is 11.8 Å². The number of thioether (sulfide) groups is 1. The van der Waals surface area contributed by atoms with Gasteiger partial charge in [-0.1, -0.05) is 71.8 Å². The van der Waals surface area contributed by atoms with Gasteiger partial charge in [-0.3, -0.25) is 9.59 Å². The van der Waals surface area contributed by atoms with E-state index in [-0.39, 0.29) is 17.6 Å². The van der Waals surface area contributed by atoms with Crippen LogP contribution in [-0.2, 0) is 22.6 Å². The molecule has 1 atom stereocenters. The maximum absolute atomic E-state index is 13.7. The van der Waals surface area contributed by atoms with E-state index >= 15 is 0 Å². The summed E-state index contributed by atoms with van der Waals surface area (Å²) in [5.41, 5.74) is 2.73. The standard InChI is InChI=1S/C29H33ClN2O2S/c1-21-10-12-23(13-11-21)19-32(27(33)20-35-25-16-14-24(30)15-17-25)26(28(34)31-29(2,3)4)18-22-8-6-5-7-9-22/h5-17,26H,18-20H2,1-4H3,(H,31,34)/t26-/m1/s1. The van der Waals surface area contributed by atoms with Gasteiger partial charge < -0.3 is 10.2 Å². The van der Waals surface area contributed by atoms with Gasteiger partial charge in [-0.2, -0.15) is 0 Å². The third-order valence-corrected chi connectivity index (χ3v) is 6.67. The molecule has 0 fully saturated rings. The van der Waals surface area contributed by atoms with Gasteiger partial charge in [0.25, 0.3) is 0 Å². The Hall–Kier alpha value is -2.76. The van der Waals surface area contributed by atoms with Gasteiger partial charge in [0.1, 0.15) is 6.04 Å². The molecule has 0 bridgehead atoms. The molecule has 2 amide bonds. The van der Waals surface area contributed by atoms with E-state index in [4.69, 9.17) is 11.6 Å². The van der Waals surface area contributed by atoms with Crippen LogP contribution in [0.15, 0.2) is 83.8 Å². The molecule has 0 saturated carbocycles. The second-order valence-corrected chi connectivity index (χ2v) is 11.2. The Morgan fingerprint density at radius 2 is 1.54 bits per heavy atom. The Morgan fingerprint density at radius 3 is 2.14 bits per heavy atom. The lowest BCUT2D eigenvalue weighted by Crippen LogP contribution is -2.54. The molecule has 6 heteroatoms. The Labute approximate surface area is 218 Å². The van der Waals surface area contributed by atoms with Crippen LogP contribution >= 0.6 is 23.4 Å². The number of nitrogens with zero attached hydrogens (tertiary/aromatic N) is 1. The first-order chi connectivity index (χ1) is 16.6. The van der Waals surface area contributed by atoms with Crippen molar-refractivity contribution >= 4 is 35.2 Å². The topological polar surface area (TPSA) is 49.4 Å². The summed E-state index contributed by atoms with van der Waals surface area (Å²) in [5.74, 6) is -0.0180. The van der Waals surface area contributed by atoms with Gasteiger partial charge in [0.15, 0.2) is 0 Å². The first-order valence-electron chi connectivity index (χ1n) is 11.7. The largest absolute Gasteiger partial charge is 0.350 e. The molecule has 184 valence electrons. The van der Waals surface area contributed by atoms with E-state index in [1.165, 1.54) is 11.8 Å². The molecule has 0 radical (unpaired) electrons. The Morgan fingerprint density at radius 1 is 0.914 bits per heavy atom. The van der Waals surface area contributed by atoms with Gasteiger partial charge in [0, 0.05) is 28.4 Å². The van der Waals surface area contributed by atoms with Crippen molar-refractivity contribution in [3.63, 3.8) is 0 Å². The lowest BCUT2D eigenvalue weighted by Gasteiger charge is -2.34. The van der Waals surface area contributed by atoms with Gasteiger partial charge in [-0.05, 0) is 63.1 Å². The summed E-state index contributed by atoms with van der Waals surface area (Å²) in [5, 5.41) is 3.75. The van der Waals surface area contributed by atoms with Crippen LogP contribution in [0.1, 0.15) is 37.5 Å². The molecule has 3 aromatic carbocycles. The van der Waals surface area contributed by atoms with Crippen molar-refractivity contribution in [3.05, 3.63) is 101 Å². The molecule has 0 aliphatic carbocycles. The summed E-state index contributed by atoms with van der Waals surface area (Å²) in [7, 11) is 0. The maximum Gasteiger partial charge on any atom is 0.243 e. The minimum Gasteiger partial charge on any atom is -0.350 e. The number of amides is 2. The molecule has 4 nitrogen and oxygen atoms in total. The van der Waals surface area contributed by atoms with Crippen LogP contribution < -0.4 is 5.32 Å². The van der Waals surface area contributed by atoms with Crippen molar-refractivity contribution < 1.29 is 9.59 Å². The second-order valence-electron chi connectivity index (χ2n) is 9.69. The zero-order chi connectivity index (χ0) is 25.4. The van der Waals surface area contributed by atoms with Crippen LogP contribution in [0, 0.1) is 6.92 Å². The van der Waals surface area contributed by atoms with Crippen molar-refractivity contribution in [1.29, 1.82) is 0 Å². The number of carbonyl (C=O) groups is 2. The highest BCUT2D eigenvalue weighted by molar-refractivity contribution is 8.00. The highest BCUT2D eigenvalue weighted by Crippen LogP contribution is 2.23. The van der Waals surface area contributed by atoms with Gasteiger partial charge in [-0.15, -0.1) is 11.8 Å². The van der Waals surface area contributed by atoms with Crippen LogP contribution in [-0.4, -0.2) is 34.0 Å². The Balaban J connectivity index is 1.91. The van der Waals surface area contributed by atoms with E-state index in [0.717, 1.165) is 21.6 Å². The van der Waals surface area contributed by atoms with Crippen molar-refractivity contribution in [3.8, 4) is 0 Å². The van der Waals surface area contributed by atoms with Crippen LogP contribution in [0.25, 0.3) is 0 Å². The van der Waals surface area contributed by atoms with E-state index < -0.39 is 11.6 Å². The second kappa shape index (κ2) is 12.3. The summed E-state index contributed by atoms with van der Waals surface area (Å²) >= 11 is 7.45. The fourth-order valence-electron chi connectivity index (χ4n) is 3.66. The first-order valence-corrected chi connectivity index (χ1v) is 13.1. The van der Waals surface area contributed by atoms with Crippen LogP contribution in [0.5, 0.6) is 0 Å². The number of nitrogens with one attached hydrogen (secondary N) is 1. The quantitative estimate of drug-likeness (QED) is 0.345. The summed E-state index contributed by atoms with van der Waals surface area (Å²) < 4.78 is 0. The monoisotopic (exact) mass is 508 g/mol. The van der Waals surface area contributed by atoms with Crippen LogP contribution in [0.4, 0.5) is 0 Å². The summed E-state index contributed by atoms with van der Waals surface area (Å²) in [6, 6.07) is 24.7. The number of benzene rings is 3. The molecule has 35 heavy (non-hydrogen) atoms. The van der Waals surface area contributed by atoms with E-state index in [1.54, 1.807) is 4.90 Å². The molecule has 0 aliphatic rings. The molecule has 0 aromatic heterocycles. The lowest BCUT2D eigenvalue weighted by molar-refractivity contribution is -0.140. The van der Waals surface area contributed by atoms with Gasteiger partial charge in [0.05, 0.1) is 5.75 Å². The molecule has 0 saturated heterocycles. The van der Waals surface area contributed by atoms with Gasteiger partial charge in [-0.25, -0.2) is 0 Å². The normalized spacial score (nSPS) is 12.1. The fourth-order valence-corrected chi connectivity index (χ4v) is 4.57. The molecular formula is C29H33ClN2O2S. The number of aryl methyl sites for hydroxylation is 1. The van der Waals surface area contributed by atoms with E-state index in [0.29, 0.717) is 18.0 Å². The van der Waals surface area contributed by atoms with Crippen molar-refractivity contribution in [2.24, 2.45) is 0 Å². The fraction of sp³-hybridized carbons (Fsp3) is 0.310. The number of hydrogen-bond donors (Lipinski definition) is 1. The predicted molar refractivity (Wildman–Crippen MR) is 146 cm³/mol. The first kappa shape index (κ1) is 26.8. The minimum absolute atomic E-state index is 0.0875. The average Bonchev–Trinajstić information content (AvgIpc) is 2.81. The average molecular weight is 509 g/mol. The zero-order valence-corrected chi connectivity index (χ0v) is 22.3. The molecule has 0 heterocycles. The Bertz CT molecular complexity index is 1110.